The van der Waals surface area contributed by atoms with Crippen LogP contribution in [0.4, 0.5) is 5.82 Å². The summed E-state index contributed by atoms with van der Waals surface area (Å²) in [5.41, 5.74) is 7.86. The van der Waals surface area contributed by atoms with Gasteiger partial charge in [0.15, 0.2) is 17.7 Å². The molecule has 0 saturated carbocycles. The maximum Gasteiger partial charge on any atom is 0.167 e. The molecule has 26 heavy (non-hydrogen) atoms. The smallest absolute Gasteiger partial charge is 0.167 e. The minimum Gasteiger partial charge on any atom is -0.387 e. The van der Waals surface area contributed by atoms with Crippen LogP contribution >= 0.6 is 11.8 Å². The van der Waals surface area contributed by atoms with Crippen molar-refractivity contribution in [1.82, 2.24) is 19.5 Å². The topological polar surface area (TPSA) is 119 Å². The molecule has 4 N–H and O–H groups in total. The first-order chi connectivity index (χ1) is 12.6. The highest BCUT2D eigenvalue weighted by Gasteiger charge is 2.44. The Morgan fingerprint density at radius 3 is 2.81 bits per heavy atom. The molecular formula is C17H19N5O3S. The van der Waals surface area contributed by atoms with Gasteiger partial charge in [-0.25, -0.2) is 15.0 Å². The summed E-state index contributed by atoms with van der Waals surface area (Å²) in [4.78, 5) is 13.4. The SMILES string of the molecule is Cc1ccccc1SC[C@H]1OC(n2cnc3c(N)ncnc32)[C@H](O)[C@@H]1O. The van der Waals surface area contributed by atoms with E-state index in [9.17, 15) is 10.2 Å². The first-order valence-electron chi connectivity index (χ1n) is 8.19. The predicted molar refractivity (Wildman–Crippen MR) is 97.6 cm³/mol. The van der Waals surface area contributed by atoms with Gasteiger partial charge in [0.1, 0.15) is 24.1 Å². The average Bonchev–Trinajstić information content (AvgIpc) is 3.18. The van der Waals surface area contributed by atoms with Gasteiger partial charge in [-0.3, -0.25) is 4.57 Å². The Hall–Kier alpha value is -2.20. The monoisotopic (exact) mass is 373 g/mol. The van der Waals surface area contributed by atoms with E-state index in [0.29, 0.717) is 16.9 Å². The number of rotatable bonds is 4. The van der Waals surface area contributed by atoms with Gasteiger partial charge >= 0.3 is 0 Å². The van der Waals surface area contributed by atoms with Crippen molar-refractivity contribution in [1.29, 1.82) is 0 Å². The molecule has 0 bridgehead atoms. The number of nitrogen functional groups attached to an aromatic ring is 1. The average molecular weight is 373 g/mol. The lowest BCUT2D eigenvalue weighted by Gasteiger charge is -2.16. The fourth-order valence-corrected chi connectivity index (χ4v) is 4.13. The number of thioether (sulfide) groups is 1. The van der Waals surface area contributed by atoms with Crippen LogP contribution in [0.1, 0.15) is 11.8 Å². The van der Waals surface area contributed by atoms with E-state index >= 15 is 0 Å². The maximum absolute atomic E-state index is 10.5. The number of imidazole rings is 1. The van der Waals surface area contributed by atoms with Crippen molar-refractivity contribution < 1.29 is 14.9 Å². The van der Waals surface area contributed by atoms with Crippen molar-refractivity contribution in [2.45, 2.75) is 36.4 Å². The molecule has 0 spiro atoms. The number of nitrogens with zero attached hydrogens (tertiary/aromatic N) is 4. The summed E-state index contributed by atoms with van der Waals surface area (Å²) in [5.74, 6) is 0.775. The molecule has 1 aliphatic rings. The molecule has 1 unspecified atom stereocenters. The number of hydrogen-bond acceptors (Lipinski definition) is 8. The molecule has 2 aromatic heterocycles. The number of fused-ring (bicyclic) bond motifs is 1. The van der Waals surface area contributed by atoms with Gasteiger partial charge in [0.25, 0.3) is 0 Å². The fourth-order valence-electron chi connectivity index (χ4n) is 3.04. The molecule has 3 aromatic rings. The number of benzene rings is 1. The van der Waals surface area contributed by atoms with Crippen molar-refractivity contribution in [3.63, 3.8) is 0 Å². The van der Waals surface area contributed by atoms with Gasteiger partial charge in [0, 0.05) is 10.6 Å². The summed E-state index contributed by atoms with van der Waals surface area (Å²) in [7, 11) is 0. The Bertz CT molecular complexity index is 934. The molecule has 1 saturated heterocycles. The van der Waals surface area contributed by atoms with E-state index < -0.39 is 24.5 Å². The van der Waals surface area contributed by atoms with Crippen LogP contribution in [0.15, 0.2) is 41.8 Å². The van der Waals surface area contributed by atoms with E-state index in [1.807, 2.05) is 31.2 Å². The summed E-state index contributed by atoms with van der Waals surface area (Å²) in [6.07, 6.45) is -0.575. The van der Waals surface area contributed by atoms with Gasteiger partial charge in [-0.2, -0.15) is 0 Å². The minimum absolute atomic E-state index is 0.258. The summed E-state index contributed by atoms with van der Waals surface area (Å²) >= 11 is 1.59. The molecule has 4 atom stereocenters. The number of nitrogens with two attached hydrogens (primary N) is 1. The van der Waals surface area contributed by atoms with Gasteiger partial charge in [-0.15, -0.1) is 11.8 Å². The summed E-state index contributed by atoms with van der Waals surface area (Å²) in [5, 5.41) is 20.9. The lowest BCUT2D eigenvalue weighted by molar-refractivity contribution is -0.0289. The highest BCUT2D eigenvalue weighted by molar-refractivity contribution is 7.99. The molecule has 0 amide bonds. The quantitative estimate of drug-likeness (QED) is 0.582. The molecule has 3 heterocycles. The number of anilines is 1. The standard InChI is InChI=1S/C17H19N5O3S/c1-9-4-2-3-5-11(9)26-6-10-13(23)14(24)17(25-10)22-8-21-12-15(18)19-7-20-16(12)22/h2-5,7-8,10,13-14,17,23-24H,6H2,1H3,(H2,18,19,20)/t10-,13-,14-,17?/m1/s1. The summed E-state index contributed by atoms with van der Waals surface area (Å²) in [6, 6.07) is 8.02. The van der Waals surface area contributed by atoms with Crippen LogP contribution < -0.4 is 5.73 Å². The second kappa shape index (κ2) is 6.84. The zero-order chi connectivity index (χ0) is 18.3. The first-order valence-corrected chi connectivity index (χ1v) is 9.18. The lowest BCUT2D eigenvalue weighted by atomic mass is 10.1. The van der Waals surface area contributed by atoms with Gasteiger partial charge in [-0.1, -0.05) is 18.2 Å². The van der Waals surface area contributed by atoms with Crippen LogP contribution in [0.3, 0.4) is 0 Å². The second-order valence-electron chi connectivity index (χ2n) is 6.21. The number of aliphatic hydroxyl groups excluding tert-OH is 2. The van der Waals surface area contributed by atoms with Crippen molar-refractivity contribution in [2.24, 2.45) is 0 Å². The van der Waals surface area contributed by atoms with E-state index in [-0.39, 0.29) is 5.82 Å². The van der Waals surface area contributed by atoms with E-state index in [1.165, 1.54) is 12.7 Å². The normalized spacial score (nSPS) is 25.8. The van der Waals surface area contributed by atoms with Gasteiger partial charge < -0.3 is 20.7 Å². The van der Waals surface area contributed by atoms with Gasteiger partial charge in [0.05, 0.1) is 12.4 Å². The van der Waals surface area contributed by atoms with E-state index in [2.05, 4.69) is 15.0 Å². The number of ether oxygens (including phenoxy) is 1. The molecular weight excluding hydrogens is 354 g/mol. The minimum atomic E-state index is -1.09. The Morgan fingerprint density at radius 1 is 1.19 bits per heavy atom. The van der Waals surface area contributed by atoms with Gasteiger partial charge in [-0.05, 0) is 18.6 Å². The molecule has 1 aromatic carbocycles. The second-order valence-corrected chi connectivity index (χ2v) is 7.27. The first kappa shape index (κ1) is 17.2. The zero-order valence-corrected chi connectivity index (χ0v) is 14.9. The summed E-state index contributed by atoms with van der Waals surface area (Å²) in [6.45, 7) is 2.04. The van der Waals surface area contributed by atoms with Crippen molar-refractivity contribution >= 4 is 28.7 Å². The van der Waals surface area contributed by atoms with E-state index in [4.69, 9.17) is 10.5 Å². The highest BCUT2D eigenvalue weighted by atomic mass is 32.2. The maximum atomic E-state index is 10.5. The molecule has 8 nitrogen and oxygen atoms in total. The van der Waals surface area contributed by atoms with Crippen LogP contribution in [0, 0.1) is 6.92 Å². The molecule has 0 radical (unpaired) electrons. The Kier molecular flexibility index (Phi) is 4.53. The van der Waals surface area contributed by atoms with Gasteiger partial charge in [0.2, 0.25) is 0 Å². The highest BCUT2D eigenvalue weighted by Crippen LogP contribution is 2.35. The summed E-state index contributed by atoms with van der Waals surface area (Å²) < 4.78 is 7.52. The fraction of sp³-hybridized carbons (Fsp3) is 0.353. The third kappa shape index (κ3) is 2.92. The number of aromatic nitrogens is 4. The van der Waals surface area contributed by atoms with Crippen molar-refractivity contribution in [2.75, 3.05) is 11.5 Å². The Labute approximate surface area is 154 Å². The number of aryl methyl sites for hydroxylation is 1. The molecule has 0 aliphatic carbocycles. The Balaban J connectivity index is 1.54. The van der Waals surface area contributed by atoms with Crippen LogP contribution in [-0.2, 0) is 4.74 Å². The van der Waals surface area contributed by atoms with Crippen molar-refractivity contribution in [3.8, 4) is 0 Å². The van der Waals surface area contributed by atoms with Crippen LogP contribution in [0.5, 0.6) is 0 Å². The molecule has 136 valence electrons. The number of aliphatic hydroxyl groups is 2. The Morgan fingerprint density at radius 2 is 2.00 bits per heavy atom. The molecule has 9 heteroatoms. The molecule has 1 fully saturated rings. The van der Waals surface area contributed by atoms with Crippen LogP contribution in [0.25, 0.3) is 11.2 Å². The molecule has 4 rings (SSSR count). The lowest BCUT2D eigenvalue weighted by Crippen LogP contribution is -2.32. The van der Waals surface area contributed by atoms with Crippen LogP contribution in [-0.4, -0.2) is 53.8 Å². The predicted octanol–water partition coefficient (Wildman–Crippen LogP) is 1.13. The molecule has 1 aliphatic heterocycles. The third-order valence-corrected chi connectivity index (χ3v) is 5.76. The third-order valence-electron chi connectivity index (χ3n) is 4.50. The van der Waals surface area contributed by atoms with E-state index in [1.54, 1.807) is 16.3 Å². The van der Waals surface area contributed by atoms with Crippen LogP contribution in [0.2, 0.25) is 0 Å². The zero-order valence-electron chi connectivity index (χ0n) is 14.1. The largest absolute Gasteiger partial charge is 0.387 e. The number of hydrogen-bond donors (Lipinski definition) is 3. The van der Waals surface area contributed by atoms with E-state index in [0.717, 1.165) is 10.5 Å². The van der Waals surface area contributed by atoms with Crippen molar-refractivity contribution in [3.05, 3.63) is 42.5 Å².